The van der Waals surface area contributed by atoms with E-state index in [0.29, 0.717) is 0 Å². The largest absolute Gasteiger partial charge is 0.481 e. The fourth-order valence-electron chi connectivity index (χ4n) is 3.19. The van der Waals surface area contributed by atoms with E-state index < -0.39 is 5.97 Å². The highest BCUT2D eigenvalue weighted by Gasteiger charge is 2.46. The van der Waals surface area contributed by atoms with Gasteiger partial charge in [0, 0.05) is 27.2 Å². The van der Waals surface area contributed by atoms with Gasteiger partial charge in [0.25, 0.3) is 0 Å². The lowest BCUT2D eigenvalue weighted by Crippen LogP contribution is -2.12. The molecule has 0 bridgehead atoms. The van der Waals surface area contributed by atoms with Gasteiger partial charge in [0.2, 0.25) is 0 Å². The maximum Gasteiger partial charge on any atom is 0.304 e. The summed E-state index contributed by atoms with van der Waals surface area (Å²) >= 11 is 0. The predicted molar refractivity (Wildman–Crippen MR) is 79.0 cm³/mol. The van der Waals surface area contributed by atoms with E-state index in [1.165, 1.54) is 10.8 Å². The number of aromatic amines is 1. The van der Waals surface area contributed by atoms with E-state index >= 15 is 0 Å². The van der Waals surface area contributed by atoms with Crippen molar-refractivity contribution in [3.63, 3.8) is 0 Å². The second-order valence-corrected chi connectivity index (χ2v) is 5.78. The molecule has 0 radical (unpaired) electrons. The molecule has 0 saturated heterocycles. The summed E-state index contributed by atoms with van der Waals surface area (Å²) in [6, 6.07) is 14.6. The molecule has 3 nitrogen and oxygen atoms in total. The minimum absolute atomic E-state index is 0.127. The van der Waals surface area contributed by atoms with Crippen LogP contribution in [0.1, 0.15) is 24.8 Å². The number of rotatable bonds is 3. The molecular formula is C17H15NO2. The van der Waals surface area contributed by atoms with E-state index in [1.54, 1.807) is 0 Å². The van der Waals surface area contributed by atoms with Crippen LogP contribution in [0.4, 0.5) is 0 Å². The molecule has 3 aromatic rings. The van der Waals surface area contributed by atoms with Crippen LogP contribution >= 0.6 is 0 Å². The standard InChI is InChI=1S/C17H15NO2/c19-16(20)10-17(7-8-17)11-5-6-15-13(9-11)12-3-1-2-4-14(12)18-15/h1-6,9,18H,7-8,10H2,(H,19,20). The van der Waals surface area contributed by atoms with Crippen molar-refractivity contribution in [3.05, 3.63) is 48.0 Å². The Balaban J connectivity index is 1.90. The summed E-state index contributed by atoms with van der Waals surface area (Å²) < 4.78 is 0. The SMILES string of the molecule is O=C(O)CC1(c2ccc3[nH]c4ccccc4c3c2)CC1. The topological polar surface area (TPSA) is 53.1 Å². The third kappa shape index (κ3) is 1.63. The summed E-state index contributed by atoms with van der Waals surface area (Å²) in [4.78, 5) is 14.4. The van der Waals surface area contributed by atoms with Crippen LogP contribution in [0.15, 0.2) is 42.5 Å². The average molecular weight is 265 g/mol. The molecule has 0 atom stereocenters. The summed E-state index contributed by atoms with van der Waals surface area (Å²) in [7, 11) is 0. The molecule has 0 aliphatic heterocycles. The van der Waals surface area contributed by atoms with Gasteiger partial charge in [0.1, 0.15) is 0 Å². The molecule has 2 N–H and O–H groups in total. The van der Waals surface area contributed by atoms with Gasteiger partial charge in [-0.2, -0.15) is 0 Å². The van der Waals surface area contributed by atoms with Gasteiger partial charge in [-0.3, -0.25) is 4.79 Å². The molecule has 1 heterocycles. The lowest BCUT2D eigenvalue weighted by atomic mass is 9.91. The summed E-state index contributed by atoms with van der Waals surface area (Å²) in [5, 5.41) is 11.5. The van der Waals surface area contributed by atoms with Crippen molar-refractivity contribution in [2.75, 3.05) is 0 Å². The Morgan fingerprint density at radius 2 is 1.85 bits per heavy atom. The molecule has 4 rings (SSSR count). The van der Waals surface area contributed by atoms with E-state index in [9.17, 15) is 4.79 Å². The number of hydrogen-bond donors (Lipinski definition) is 2. The minimum atomic E-state index is -0.707. The molecule has 100 valence electrons. The Labute approximate surface area is 116 Å². The van der Waals surface area contributed by atoms with Gasteiger partial charge in [0.05, 0.1) is 6.42 Å². The molecule has 20 heavy (non-hydrogen) atoms. The summed E-state index contributed by atoms with van der Waals surface area (Å²) in [5.74, 6) is -0.707. The highest BCUT2D eigenvalue weighted by atomic mass is 16.4. The number of aromatic nitrogens is 1. The van der Waals surface area contributed by atoms with E-state index in [4.69, 9.17) is 5.11 Å². The second-order valence-electron chi connectivity index (χ2n) is 5.78. The van der Waals surface area contributed by atoms with Gasteiger partial charge in [-0.1, -0.05) is 24.3 Å². The smallest absolute Gasteiger partial charge is 0.304 e. The van der Waals surface area contributed by atoms with Gasteiger partial charge in [-0.15, -0.1) is 0 Å². The molecule has 1 aliphatic carbocycles. The monoisotopic (exact) mass is 265 g/mol. The molecule has 2 aromatic carbocycles. The van der Waals surface area contributed by atoms with Crippen LogP contribution in [-0.2, 0) is 10.2 Å². The van der Waals surface area contributed by atoms with Gasteiger partial charge < -0.3 is 10.1 Å². The van der Waals surface area contributed by atoms with Gasteiger partial charge >= 0.3 is 5.97 Å². The van der Waals surface area contributed by atoms with Crippen LogP contribution < -0.4 is 0 Å². The number of para-hydroxylation sites is 1. The Kier molecular flexibility index (Phi) is 2.22. The number of aliphatic carboxylic acids is 1. The van der Waals surface area contributed by atoms with Crippen LogP contribution in [0, 0.1) is 0 Å². The van der Waals surface area contributed by atoms with Gasteiger partial charge in [-0.05, 0) is 36.6 Å². The number of H-pyrrole nitrogens is 1. The van der Waals surface area contributed by atoms with Crippen molar-refractivity contribution in [2.45, 2.75) is 24.7 Å². The number of benzene rings is 2. The summed E-state index contributed by atoms with van der Waals surface area (Å²) in [6.07, 6.45) is 2.20. The number of carbonyl (C=O) groups is 1. The molecule has 3 heteroatoms. The lowest BCUT2D eigenvalue weighted by Gasteiger charge is -2.13. The number of carboxylic acids is 1. The maximum absolute atomic E-state index is 11.0. The minimum Gasteiger partial charge on any atom is -0.481 e. The molecule has 1 aromatic heterocycles. The van der Waals surface area contributed by atoms with Crippen molar-refractivity contribution in [1.29, 1.82) is 0 Å². The van der Waals surface area contributed by atoms with Crippen LogP contribution in [0.2, 0.25) is 0 Å². The van der Waals surface area contributed by atoms with Crippen LogP contribution in [0.25, 0.3) is 21.8 Å². The number of hydrogen-bond acceptors (Lipinski definition) is 1. The lowest BCUT2D eigenvalue weighted by molar-refractivity contribution is -0.137. The van der Waals surface area contributed by atoms with Crippen LogP contribution in [0.3, 0.4) is 0 Å². The Hall–Kier alpha value is -2.29. The Bertz CT molecular complexity index is 827. The maximum atomic E-state index is 11.0. The first-order valence-electron chi connectivity index (χ1n) is 6.91. The highest BCUT2D eigenvalue weighted by Crippen LogP contribution is 2.51. The van der Waals surface area contributed by atoms with Crippen molar-refractivity contribution in [1.82, 2.24) is 4.98 Å². The third-order valence-electron chi connectivity index (χ3n) is 4.46. The Morgan fingerprint density at radius 3 is 2.60 bits per heavy atom. The molecule has 1 fully saturated rings. The first-order chi connectivity index (χ1) is 9.68. The van der Waals surface area contributed by atoms with Crippen molar-refractivity contribution < 1.29 is 9.90 Å². The van der Waals surface area contributed by atoms with Crippen molar-refractivity contribution >= 4 is 27.8 Å². The normalized spacial score (nSPS) is 16.6. The second kappa shape index (κ2) is 3.85. The molecule has 1 aliphatic rings. The highest BCUT2D eigenvalue weighted by molar-refractivity contribution is 6.07. The summed E-state index contributed by atoms with van der Waals surface area (Å²) in [6.45, 7) is 0. The zero-order valence-electron chi connectivity index (χ0n) is 11.0. The molecule has 0 amide bonds. The van der Waals surface area contributed by atoms with E-state index in [2.05, 4.69) is 35.3 Å². The van der Waals surface area contributed by atoms with Gasteiger partial charge in [-0.25, -0.2) is 0 Å². The molecule has 0 unspecified atom stereocenters. The zero-order valence-corrected chi connectivity index (χ0v) is 11.0. The molecule has 0 spiro atoms. The molecule has 1 saturated carbocycles. The molecular weight excluding hydrogens is 250 g/mol. The predicted octanol–water partition coefficient (Wildman–Crippen LogP) is 3.83. The first kappa shape index (κ1) is 11.5. The van der Waals surface area contributed by atoms with Crippen molar-refractivity contribution in [3.8, 4) is 0 Å². The quantitative estimate of drug-likeness (QED) is 0.756. The Morgan fingerprint density at radius 1 is 1.10 bits per heavy atom. The van der Waals surface area contributed by atoms with E-state index in [0.717, 1.165) is 29.4 Å². The van der Waals surface area contributed by atoms with Gasteiger partial charge in [0.15, 0.2) is 0 Å². The van der Waals surface area contributed by atoms with Crippen LogP contribution in [-0.4, -0.2) is 16.1 Å². The average Bonchev–Trinajstić information content (AvgIpc) is 3.11. The zero-order chi connectivity index (χ0) is 13.7. The van der Waals surface area contributed by atoms with Crippen LogP contribution in [0.5, 0.6) is 0 Å². The third-order valence-corrected chi connectivity index (χ3v) is 4.46. The van der Waals surface area contributed by atoms with E-state index in [-0.39, 0.29) is 11.8 Å². The fourth-order valence-corrected chi connectivity index (χ4v) is 3.19. The summed E-state index contributed by atoms with van der Waals surface area (Å²) in [5.41, 5.74) is 3.28. The van der Waals surface area contributed by atoms with E-state index in [1.807, 2.05) is 12.1 Å². The number of carboxylic acid groups (broad SMARTS) is 1. The fraction of sp³-hybridized carbons (Fsp3) is 0.235. The van der Waals surface area contributed by atoms with Crippen molar-refractivity contribution in [2.24, 2.45) is 0 Å². The number of fused-ring (bicyclic) bond motifs is 3. The number of nitrogens with one attached hydrogen (secondary N) is 1. The first-order valence-corrected chi connectivity index (χ1v) is 6.91.